The zero-order valence-corrected chi connectivity index (χ0v) is 6.26. The lowest BCUT2D eigenvalue weighted by molar-refractivity contribution is -0.728. The maximum absolute atomic E-state index is 5.72. The molecule has 0 spiro atoms. The van der Waals surface area contributed by atoms with Crippen LogP contribution in [0.3, 0.4) is 0 Å². The van der Waals surface area contributed by atoms with Crippen LogP contribution in [0.1, 0.15) is 24.2 Å². The predicted octanol–water partition coefficient (Wildman–Crippen LogP) is 0.787. The summed E-state index contributed by atoms with van der Waals surface area (Å²) in [5.41, 5.74) is 8.46. The Hall–Kier alpha value is -1.05. The molecule has 3 heterocycles. The van der Waals surface area contributed by atoms with Crippen LogP contribution in [0.25, 0.3) is 0 Å². The zero-order valence-electron chi connectivity index (χ0n) is 6.26. The monoisotopic (exact) mass is 135 g/mol. The van der Waals surface area contributed by atoms with Crippen molar-refractivity contribution < 1.29 is 4.57 Å². The number of aromatic nitrogens is 1. The molecule has 2 N–H and O–H groups in total. The summed E-state index contributed by atoms with van der Waals surface area (Å²) >= 11 is 0. The van der Waals surface area contributed by atoms with Crippen molar-refractivity contribution >= 4 is 5.82 Å². The molecule has 3 rings (SSSR count). The van der Waals surface area contributed by atoms with Gasteiger partial charge in [-0.1, -0.05) is 0 Å². The summed E-state index contributed by atoms with van der Waals surface area (Å²) in [4.78, 5) is 0. The molecule has 0 radical (unpaired) electrons. The highest BCUT2D eigenvalue weighted by Gasteiger charge is 2.31. The molecule has 1 aromatic heterocycles. The van der Waals surface area contributed by atoms with E-state index in [0.29, 0.717) is 6.04 Å². The minimum atomic E-state index is 0.519. The van der Waals surface area contributed by atoms with Crippen LogP contribution in [-0.2, 0) is 0 Å². The van der Waals surface area contributed by atoms with Crippen molar-refractivity contribution in [2.75, 3.05) is 5.73 Å². The van der Waals surface area contributed by atoms with Crippen molar-refractivity contribution in [3.63, 3.8) is 0 Å². The smallest absolute Gasteiger partial charge is 0.272 e. The van der Waals surface area contributed by atoms with Gasteiger partial charge in [0.15, 0.2) is 0 Å². The van der Waals surface area contributed by atoms with E-state index in [0.717, 1.165) is 5.82 Å². The van der Waals surface area contributed by atoms with Gasteiger partial charge in [-0.25, -0.2) is 4.57 Å². The van der Waals surface area contributed by atoms with E-state index in [-0.39, 0.29) is 0 Å². The van der Waals surface area contributed by atoms with Crippen LogP contribution in [0.5, 0.6) is 0 Å². The highest BCUT2D eigenvalue weighted by molar-refractivity contribution is 5.33. The van der Waals surface area contributed by atoms with Crippen molar-refractivity contribution in [2.45, 2.75) is 19.9 Å². The van der Waals surface area contributed by atoms with Crippen molar-refractivity contribution in [3.8, 4) is 0 Å². The molecule has 2 bridgehead atoms. The summed E-state index contributed by atoms with van der Waals surface area (Å²) in [5, 5.41) is 0. The Morgan fingerprint density at radius 2 is 2.20 bits per heavy atom. The Bertz CT molecular complexity index is 285. The number of nitrogens with zero attached hydrogens (tertiary/aromatic N) is 1. The van der Waals surface area contributed by atoms with E-state index in [1.807, 2.05) is 6.07 Å². The average molecular weight is 135 g/mol. The molecule has 2 nitrogen and oxygen atoms in total. The van der Waals surface area contributed by atoms with Crippen LogP contribution in [-0.4, -0.2) is 0 Å². The second-order valence-corrected chi connectivity index (χ2v) is 2.84. The molecule has 0 saturated heterocycles. The maximum atomic E-state index is 5.72. The zero-order chi connectivity index (χ0) is 7.30. The molecule has 2 aliphatic rings. The van der Waals surface area contributed by atoms with Crippen LogP contribution in [0.15, 0.2) is 12.1 Å². The molecular formula is C8H11N2+. The standard InChI is InChI=1S/C8H10N2/c1-5-7-3-4-8(9)10(5)6(7)2/h3-5,9H,1-2H3/p+1. The lowest BCUT2D eigenvalue weighted by atomic mass is 9.98. The van der Waals surface area contributed by atoms with E-state index in [1.165, 1.54) is 11.3 Å². The second-order valence-electron chi connectivity index (χ2n) is 2.84. The van der Waals surface area contributed by atoms with Crippen LogP contribution < -0.4 is 10.3 Å². The van der Waals surface area contributed by atoms with E-state index in [2.05, 4.69) is 24.5 Å². The number of fused-ring (bicyclic) bond motifs is 2. The first-order chi connectivity index (χ1) is 4.72. The fourth-order valence-corrected chi connectivity index (χ4v) is 1.74. The topological polar surface area (TPSA) is 29.9 Å². The molecule has 10 heavy (non-hydrogen) atoms. The van der Waals surface area contributed by atoms with E-state index in [9.17, 15) is 0 Å². The summed E-state index contributed by atoms with van der Waals surface area (Å²) in [6, 6.07) is 4.59. The van der Waals surface area contributed by atoms with Gasteiger partial charge >= 0.3 is 0 Å². The quantitative estimate of drug-likeness (QED) is 0.524. The summed E-state index contributed by atoms with van der Waals surface area (Å²) in [6.45, 7) is 4.27. The number of pyridine rings is 1. The van der Waals surface area contributed by atoms with Gasteiger partial charge < -0.3 is 0 Å². The Kier molecular flexibility index (Phi) is 0.862. The molecule has 1 atom stereocenters. The SMILES string of the molecule is Cc1c2ccc(N)[n+]1C2C. The minimum absolute atomic E-state index is 0.519. The van der Waals surface area contributed by atoms with Gasteiger partial charge in [0.05, 0.1) is 0 Å². The number of hydrogen-bond donors (Lipinski definition) is 1. The Morgan fingerprint density at radius 1 is 1.50 bits per heavy atom. The minimum Gasteiger partial charge on any atom is -0.287 e. The normalized spacial score (nSPS) is 20.4. The number of anilines is 1. The number of aryl methyl sites for hydroxylation is 1. The Labute approximate surface area is 60.3 Å². The fourth-order valence-electron chi connectivity index (χ4n) is 1.74. The summed E-state index contributed by atoms with van der Waals surface area (Å²) in [5.74, 6) is 0.875. The first kappa shape index (κ1) is 5.71. The van der Waals surface area contributed by atoms with Gasteiger partial charge in [-0.05, 0) is 19.9 Å². The van der Waals surface area contributed by atoms with Crippen molar-refractivity contribution in [1.29, 1.82) is 0 Å². The second kappa shape index (κ2) is 1.51. The molecule has 1 unspecified atom stereocenters. The molecule has 1 aromatic rings. The van der Waals surface area contributed by atoms with Crippen LogP contribution in [0.2, 0.25) is 0 Å². The Morgan fingerprint density at radius 3 is 2.50 bits per heavy atom. The molecule has 0 amide bonds. The van der Waals surface area contributed by atoms with E-state index in [4.69, 9.17) is 5.73 Å². The average Bonchev–Trinajstić information content (AvgIpc) is 1.88. The van der Waals surface area contributed by atoms with Crippen molar-refractivity contribution in [1.82, 2.24) is 0 Å². The number of hydrogen-bond acceptors (Lipinski definition) is 1. The molecule has 2 aliphatic heterocycles. The van der Waals surface area contributed by atoms with E-state index in [1.54, 1.807) is 0 Å². The number of nitrogen functional groups attached to an aromatic ring is 1. The highest BCUT2D eigenvalue weighted by atomic mass is 15.1. The molecule has 0 aliphatic carbocycles. The Balaban J connectivity index is 2.70. The third kappa shape index (κ3) is 0.429. The third-order valence-electron chi connectivity index (χ3n) is 2.33. The van der Waals surface area contributed by atoms with Gasteiger partial charge in [-0.15, -0.1) is 0 Å². The fraction of sp³-hybridized carbons (Fsp3) is 0.375. The van der Waals surface area contributed by atoms with Gasteiger partial charge in [-0.2, -0.15) is 0 Å². The van der Waals surface area contributed by atoms with E-state index < -0.39 is 0 Å². The van der Waals surface area contributed by atoms with Crippen LogP contribution in [0, 0.1) is 6.92 Å². The molecule has 0 fully saturated rings. The van der Waals surface area contributed by atoms with Gasteiger partial charge in [0.1, 0.15) is 11.7 Å². The van der Waals surface area contributed by atoms with Crippen LogP contribution >= 0.6 is 0 Å². The molecule has 0 aromatic carbocycles. The number of nitrogens with two attached hydrogens (primary N) is 1. The van der Waals surface area contributed by atoms with Crippen molar-refractivity contribution in [3.05, 3.63) is 23.4 Å². The lowest BCUT2D eigenvalue weighted by Gasteiger charge is -2.26. The maximum Gasteiger partial charge on any atom is 0.272 e. The largest absolute Gasteiger partial charge is 0.287 e. The molecular weight excluding hydrogens is 124 g/mol. The molecule has 0 saturated carbocycles. The first-order valence-electron chi connectivity index (χ1n) is 3.52. The molecule has 52 valence electrons. The number of rotatable bonds is 0. The predicted molar refractivity (Wildman–Crippen MR) is 39.6 cm³/mol. The first-order valence-corrected chi connectivity index (χ1v) is 3.52. The van der Waals surface area contributed by atoms with Gasteiger partial charge in [0, 0.05) is 11.6 Å². The van der Waals surface area contributed by atoms with E-state index >= 15 is 0 Å². The summed E-state index contributed by atoms with van der Waals surface area (Å²) in [6.07, 6.45) is 0. The lowest BCUT2D eigenvalue weighted by Crippen LogP contribution is -2.53. The van der Waals surface area contributed by atoms with Crippen LogP contribution in [0.4, 0.5) is 5.82 Å². The summed E-state index contributed by atoms with van der Waals surface area (Å²) < 4.78 is 2.15. The molecule has 2 heteroatoms. The highest BCUT2D eigenvalue weighted by Crippen LogP contribution is 2.25. The van der Waals surface area contributed by atoms with Gasteiger partial charge in [-0.3, -0.25) is 5.73 Å². The van der Waals surface area contributed by atoms with Gasteiger partial charge in [0.2, 0.25) is 0 Å². The van der Waals surface area contributed by atoms with Crippen molar-refractivity contribution in [2.24, 2.45) is 0 Å². The third-order valence-corrected chi connectivity index (χ3v) is 2.33. The van der Waals surface area contributed by atoms with Gasteiger partial charge in [0.25, 0.3) is 5.82 Å². The summed E-state index contributed by atoms with van der Waals surface area (Å²) in [7, 11) is 0.